The van der Waals surface area contributed by atoms with Crippen molar-refractivity contribution in [3.63, 3.8) is 0 Å². The highest BCUT2D eigenvalue weighted by Crippen LogP contribution is 2.25. The van der Waals surface area contributed by atoms with E-state index in [0.29, 0.717) is 11.7 Å². The average molecular weight is 176 g/mol. The summed E-state index contributed by atoms with van der Waals surface area (Å²) >= 11 is 0. The van der Waals surface area contributed by atoms with Crippen molar-refractivity contribution in [1.82, 2.24) is 14.8 Å². The van der Waals surface area contributed by atoms with Crippen molar-refractivity contribution in [3.8, 4) is 6.07 Å². The van der Waals surface area contributed by atoms with Gasteiger partial charge in [-0.15, -0.1) is 0 Å². The van der Waals surface area contributed by atoms with Gasteiger partial charge < -0.3 is 0 Å². The number of rotatable bonds is 2. The van der Waals surface area contributed by atoms with Gasteiger partial charge in [0.05, 0.1) is 0 Å². The number of nitriles is 1. The molecule has 1 aliphatic rings. The molecular formula is C9H12N4. The summed E-state index contributed by atoms with van der Waals surface area (Å²) < 4.78 is 1.72. The zero-order valence-electron chi connectivity index (χ0n) is 7.48. The van der Waals surface area contributed by atoms with E-state index in [-0.39, 0.29) is 0 Å². The topological polar surface area (TPSA) is 54.5 Å². The molecule has 4 nitrogen and oxygen atoms in total. The molecule has 0 radical (unpaired) electrons. The Bertz CT molecular complexity index is 317. The molecule has 13 heavy (non-hydrogen) atoms. The monoisotopic (exact) mass is 176 g/mol. The van der Waals surface area contributed by atoms with Crippen molar-refractivity contribution in [3.05, 3.63) is 12.2 Å². The Hall–Kier alpha value is -1.37. The van der Waals surface area contributed by atoms with Crippen molar-refractivity contribution >= 4 is 0 Å². The second-order valence-electron chi connectivity index (χ2n) is 3.53. The zero-order valence-corrected chi connectivity index (χ0v) is 7.48. The Morgan fingerprint density at radius 3 is 3.00 bits per heavy atom. The van der Waals surface area contributed by atoms with Crippen molar-refractivity contribution in [1.29, 1.82) is 5.26 Å². The first kappa shape index (κ1) is 8.24. The molecule has 0 spiro atoms. The van der Waals surface area contributed by atoms with Crippen LogP contribution in [0.15, 0.2) is 6.33 Å². The minimum atomic E-state index is 0.437. The van der Waals surface area contributed by atoms with Crippen LogP contribution in [0.4, 0.5) is 0 Å². The lowest BCUT2D eigenvalue weighted by Crippen LogP contribution is -2.10. The van der Waals surface area contributed by atoms with Crippen molar-refractivity contribution in [2.24, 2.45) is 5.92 Å². The van der Waals surface area contributed by atoms with Crippen LogP contribution >= 0.6 is 0 Å². The first-order valence-electron chi connectivity index (χ1n) is 4.68. The molecule has 68 valence electrons. The summed E-state index contributed by atoms with van der Waals surface area (Å²) in [6, 6.07) is 2.04. The minimum absolute atomic E-state index is 0.437. The van der Waals surface area contributed by atoms with Gasteiger partial charge in [-0.2, -0.15) is 10.4 Å². The molecule has 4 heteroatoms. The molecule has 0 saturated heterocycles. The summed E-state index contributed by atoms with van der Waals surface area (Å²) in [7, 11) is 0. The van der Waals surface area contributed by atoms with Crippen LogP contribution in [-0.4, -0.2) is 14.8 Å². The van der Waals surface area contributed by atoms with Crippen LogP contribution in [0.3, 0.4) is 0 Å². The predicted octanol–water partition coefficient (Wildman–Crippen LogP) is 1.34. The number of hydrogen-bond acceptors (Lipinski definition) is 3. The quantitative estimate of drug-likeness (QED) is 0.683. The third-order valence-corrected chi connectivity index (χ3v) is 2.62. The summed E-state index contributed by atoms with van der Waals surface area (Å²) in [4.78, 5) is 3.87. The van der Waals surface area contributed by atoms with Gasteiger partial charge in [0.25, 0.3) is 0 Å². The smallest absolute Gasteiger partial charge is 0.230 e. The molecule has 1 saturated carbocycles. The Kier molecular flexibility index (Phi) is 2.26. The molecule has 0 amide bonds. The van der Waals surface area contributed by atoms with E-state index in [4.69, 9.17) is 5.26 Å². The Labute approximate surface area is 77.2 Å². The van der Waals surface area contributed by atoms with Gasteiger partial charge in [0.2, 0.25) is 5.82 Å². The van der Waals surface area contributed by atoms with Crippen LogP contribution in [0.5, 0.6) is 0 Å². The Balaban J connectivity index is 2.04. The van der Waals surface area contributed by atoms with E-state index >= 15 is 0 Å². The molecular weight excluding hydrogens is 164 g/mol. The lowest BCUT2D eigenvalue weighted by molar-refractivity contribution is 0.425. The largest absolute Gasteiger partial charge is 0.237 e. The standard InChI is InChI=1S/C9H12N4/c10-5-9-11-7-12-13(9)6-8-3-1-2-4-8/h7-8H,1-4,6H2. The minimum Gasteiger partial charge on any atom is -0.237 e. The summed E-state index contributed by atoms with van der Waals surface area (Å²) in [5.74, 6) is 1.14. The maximum Gasteiger partial charge on any atom is 0.230 e. The second-order valence-corrected chi connectivity index (χ2v) is 3.53. The maximum absolute atomic E-state index is 8.71. The van der Waals surface area contributed by atoms with E-state index in [0.717, 1.165) is 6.54 Å². The highest BCUT2D eigenvalue weighted by atomic mass is 15.3. The van der Waals surface area contributed by atoms with Crippen LogP contribution in [0.25, 0.3) is 0 Å². The van der Waals surface area contributed by atoms with Gasteiger partial charge >= 0.3 is 0 Å². The highest BCUT2D eigenvalue weighted by molar-refractivity contribution is 5.07. The van der Waals surface area contributed by atoms with Gasteiger partial charge in [-0.3, -0.25) is 0 Å². The lowest BCUT2D eigenvalue weighted by Gasteiger charge is -2.07. The molecule has 1 fully saturated rings. The van der Waals surface area contributed by atoms with Gasteiger partial charge in [0.1, 0.15) is 12.4 Å². The summed E-state index contributed by atoms with van der Waals surface area (Å²) in [6.45, 7) is 0.864. The normalized spacial score (nSPS) is 17.5. The zero-order chi connectivity index (χ0) is 9.10. The first-order chi connectivity index (χ1) is 6.40. The molecule has 2 rings (SSSR count). The molecule has 0 aromatic carbocycles. The van der Waals surface area contributed by atoms with Gasteiger partial charge in [0, 0.05) is 6.54 Å². The summed E-state index contributed by atoms with van der Waals surface area (Å²) in [6.07, 6.45) is 6.63. The lowest BCUT2D eigenvalue weighted by atomic mass is 10.1. The van der Waals surface area contributed by atoms with Crippen LogP contribution < -0.4 is 0 Å². The van der Waals surface area contributed by atoms with Crippen LogP contribution in [0, 0.1) is 17.2 Å². The fourth-order valence-electron chi connectivity index (χ4n) is 1.92. The third-order valence-electron chi connectivity index (χ3n) is 2.62. The van der Waals surface area contributed by atoms with E-state index in [1.165, 1.54) is 32.0 Å². The SMILES string of the molecule is N#Cc1ncnn1CC1CCCC1. The molecule has 0 aliphatic heterocycles. The maximum atomic E-state index is 8.71. The number of hydrogen-bond donors (Lipinski definition) is 0. The van der Waals surface area contributed by atoms with E-state index in [9.17, 15) is 0 Å². The molecule has 0 bridgehead atoms. The predicted molar refractivity (Wildman–Crippen MR) is 46.7 cm³/mol. The fraction of sp³-hybridized carbons (Fsp3) is 0.667. The van der Waals surface area contributed by atoms with E-state index in [2.05, 4.69) is 10.1 Å². The van der Waals surface area contributed by atoms with E-state index in [1.807, 2.05) is 6.07 Å². The van der Waals surface area contributed by atoms with E-state index < -0.39 is 0 Å². The Morgan fingerprint density at radius 1 is 1.54 bits per heavy atom. The second kappa shape index (κ2) is 3.56. The Morgan fingerprint density at radius 2 is 2.31 bits per heavy atom. The van der Waals surface area contributed by atoms with Crippen molar-refractivity contribution < 1.29 is 0 Å². The van der Waals surface area contributed by atoms with Gasteiger partial charge in [-0.05, 0) is 18.8 Å². The third kappa shape index (κ3) is 1.69. The molecule has 1 aromatic rings. The number of nitrogens with zero attached hydrogens (tertiary/aromatic N) is 4. The van der Waals surface area contributed by atoms with Crippen LogP contribution in [0.2, 0.25) is 0 Å². The van der Waals surface area contributed by atoms with E-state index in [1.54, 1.807) is 4.68 Å². The van der Waals surface area contributed by atoms with Gasteiger partial charge in [0.15, 0.2) is 0 Å². The van der Waals surface area contributed by atoms with Gasteiger partial charge in [-0.1, -0.05) is 12.8 Å². The molecule has 0 atom stereocenters. The summed E-state index contributed by atoms with van der Waals surface area (Å²) in [5, 5.41) is 12.7. The molecule has 1 heterocycles. The average Bonchev–Trinajstić information content (AvgIpc) is 2.76. The highest BCUT2D eigenvalue weighted by Gasteiger charge is 2.17. The molecule has 0 N–H and O–H groups in total. The molecule has 0 unspecified atom stereocenters. The molecule has 1 aliphatic carbocycles. The van der Waals surface area contributed by atoms with Gasteiger partial charge in [-0.25, -0.2) is 9.67 Å². The summed E-state index contributed by atoms with van der Waals surface area (Å²) in [5.41, 5.74) is 0. The van der Waals surface area contributed by atoms with Crippen molar-refractivity contribution in [2.45, 2.75) is 32.2 Å². The fourth-order valence-corrected chi connectivity index (χ4v) is 1.92. The first-order valence-corrected chi connectivity index (χ1v) is 4.68. The van der Waals surface area contributed by atoms with Crippen LogP contribution in [-0.2, 0) is 6.54 Å². The van der Waals surface area contributed by atoms with Crippen molar-refractivity contribution in [2.75, 3.05) is 0 Å². The molecule has 1 aromatic heterocycles. The number of aromatic nitrogens is 3. The van der Waals surface area contributed by atoms with Crippen LogP contribution in [0.1, 0.15) is 31.5 Å².